The van der Waals surface area contributed by atoms with Gasteiger partial charge in [-0.05, 0) is 86.9 Å². The van der Waals surface area contributed by atoms with Crippen molar-refractivity contribution in [2.45, 2.75) is 211 Å². The Bertz CT molecular complexity index is 1810. The van der Waals surface area contributed by atoms with E-state index in [1.807, 2.05) is 13.8 Å². The van der Waals surface area contributed by atoms with E-state index in [9.17, 15) is 65.8 Å². The summed E-state index contributed by atoms with van der Waals surface area (Å²) in [6.45, 7) is 14.3. The number of allylic oxidation sites excluding steroid dienone is 1. The smallest absolute Gasteiger partial charge is 0.187 e. The van der Waals surface area contributed by atoms with E-state index in [-0.39, 0.29) is 52.5 Å². The molecule has 6 fully saturated rings. The molecule has 0 bridgehead atoms. The third kappa shape index (κ3) is 8.95. The molecule has 7 rings (SSSR count). The van der Waals surface area contributed by atoms with E-state index in [0.29, 0.717) is 32.1 Å². The molecule has 3 aliphatic heterocycles. The van der Waals surface area contributed by atoms with E-state index >= 15 is 0 Å². The summed E-state index contributed by atoms with van der Waals surface area (Å²) in [6, 6.07) is 0. The van der Waals surface area contributed by atoms with Gasteiger partial charge in [-0.3, -0.25) is 9.59 Å². The highest BCUT2D eigenvalue weighted by Gasteiger charge is 2.70. The molecule has 67 heavy (non-hydrogen) atoms. The number of carbonyl (C=O) groups excluding carboxylic acids is 2. The number of hydrogen-bond donors (Lipinski definition) is 11. The number of fused-ring (bicyclic) bond motifs is 5. The summed E-state index contributed by atoms with van der Waals surface area (Å²) in [5.41, 5.74) is -2.19. The van der Waals surface area contributed by atoms with Crippen LogP contribution in [0.1, 0.15) is 107 Å². The zero-order chi connectivity index (χ0) is 49.5. The molecule has 3 saturated heterocycles. The van der Waals surface area contributed by atoms with Crippen LogP contribution in [0, 0.1) is 45.3 Å². The summed E-state index contributed by atoms with van der Waals surface area (Å²) >= 11 is 0. The van der Waals surface area contributed by atoms with Crippen LogP contribution in [-0.4, -0.2) is 191 Å². The number of carbonyl (C=O) groups is 2. The van der Waals surface area contributed by atoms with Crippen LogP contribution >= 0.6 is 0 Å². The van der Waals surface area contributed by atoms with Gasteiger partial charge in [-0.25, -0.2) is 0 Å². The Morgan fingerprint density at radius 1 is 0.731 bits per heavy atom. The number of ketones is 2. The average molecular weight is 959 g/mol. The van der Waals surface area contributed by atoms with Crippen molar-refractivity contribution in [1.29, 1.82) is 0 Å². The van der Waals surface area contributed by atoms with Crippen LogP contribution in [0.5, 0.6) is 0 Å². The second-order valence-corrected chi connectivity index (χ2v) is 22.6. The molecule has 23 atom stereocenters. The van der Waals surface area contributed by atoms with E-state index in [4.69, 9.17) is 28.4 Å². The molecule has 384 valence electrons. The number of aliphatic hydroxyl groups is 11. The molecule has 0 aromatic heterocycles. The minimum atomic E-state index is -1.70. The Morgan fingerprint density at radius 3 is 1.87 bits per heavy atom. The summed E-state index contributed by atoms with van der Waals surface area (Å²) in [5, 5.41) is 114. The first-order chi connectivity index (χ1) is 31.2. The van der Waals surface area contributed by atoms with Crippen LogP contribution in [-0.2, 0) is 38.0 Å². The summed E-state index contributed by atoms with van der Waals surface area (Å²) in [7, 11) is 0. The van der Waals surface area contributed by atoms with Crippen molar-refractivity contribution >= 4 is 11.6 Å². The highest BCUT2D eigenvalue weighted by Crippen LogP contribution is 2.74. The standard InChI is InChI=1S/C48H78O19/c1-21(9-13-29(51)45(4,5)67-43-40(61)36(57)33(54)26(19-50)64-43)22-15-16-46(6)28-12-10-23-24(48(28,8)30(52)17-47(22,46)7)11-14-31(44(23,2)3)66-42-39(60)37(58)34(55)27(65-42)20-62-41-38(59)35(56)32(53)25(18-49)63-41/h10,21-22,24-28,31-43,49-50,53-61H,9,11-20H2,1-8H3/t21-,22-,24-,25-,26-,27-,28+,31+,32-,33-,34-,35+,36+,37+,38-,39-,40-,41-,42+,43+,46+,47-,48+/m1/s1. The molecule has 0 aromatic carbocycles. The van der Waals surface area contributed by atoms with Gasteiger partial charge in [-0.1, -0.05) is 53.2 Å². The number of Topliss-reactive ketones (excluding diaryl/α,β-unsaturated/α-hetero) is 2. The molecule has 19 nitrogen and oxygen atoms in total. The van der Waals surface area contributed by atoms with E-state index in [0.717, 1.165) is 18.4 Å². The van der Waals surface area contributed by atoms with Gasteiger partial charge in [0.05, 0.1) is 25.9 Å². The lowest BCUT2D eigenvalue weighted by Crippen LogP contribution is -2.64. The Balaban J connectivity index is 1.00. The van der Waals surface area contributed by atoms with Crippen LogP contribution in [0.15, 0.2) is 11.6 Å². The van der Waals surface area contributed by atoms with Crippen LogP contribution in [0.3, 0.4) is 0 Å². The maximum atomic E-state index is 15.0. The van der Waals surface area contributed by atoms with Gasteiger partial charge in [-0.2, -0.15) is 0 Å². The largest absolute Gasteiger partial charge is 0.394 e. The molecule has 3 saturated carbocycles. The third-order valence-electron chi connectivity index (χ3n) is 18.3. The highest BCUT2D eigenvalue weighted by molar-refractivity contribution is 5.88. The Labute approximate surface area is 392 Å². The molecule has 4 aliphatic carbocycles. The van der Waals surface area contributed by atoms with Crippen LogP contribution in [0.4, 0.5) is 0 Å². The maximum Gasteiger partial charge on any atom is 0.187 e. The second-order valence-electron chi connectivity index (χ2n) is 22.6. The van der Waals surface area contributed by atoms with E-state index < -0.39 is 134 Å². The Kier molecular flexibility index (Phi) is 15.4. The lowest BCUT2D eigenvalue weighted by atomic mass is 9.38. The van der Waals surface area contributed by atoms with Crippen molar-refractivity contribution in [2.24, 2.45) is 45.3 Å². The van der Waals surface area contributed by atoms with Crippen LogP contribution in [0.25, 0.3) is 0 Å². The monoisotopic (exact) mass is 959 g/mol. The average Bonchev–Trinajstić information content (AvgIpc) is 3.55. The van der Waals surface area contributed by atoms with Gasteiger partial charge >= 0.3 is 0 Å². The van der Waals surface area contributed by atoms with Crippen LogP contribution in [0.2, 0.25) is 0 Å². The van der Waals surface area contributed by atoms with E-state index in [2.05, 4.69) is 33.8 Å². The summed E-state index contributed by atoms with van der Waals surface area (Å²) < 4.78 is 35.0. The first-order valence-electron chi connectivity index (χ1n) is 24.2. The van der Waals surface area contributed by atoms with E-state index in [1.165, 1.54) is 0 Å². The molecule has 7 aliphatic rings. The molecule has 0 radical (unpaired) electrons. The summed E-state index contributed by atoms with van der Waals surface area (Å²) in [4.78, 5) is 28.7. The Hall–Kier alpha value is -1.60. The van der Waals surface area contributed by atoms with Gasteiger partial charge in [0.1, 0.15) is 84.6 Å². The van der Waals surface area contributed by atoms with Crippen molar-refractivity contribution in [3.05, 3.63) is 11.6 Å². The van der Waals surface area contributed by atoms with Crippen molar-refractivity contribution < 1.29 is 94.2 Å². The van der Waals surface area contributed by atoms with E-state index in [1.54, 1.807) is 13.8 Å². The number of aliphatic hydroxyl groups excluding tert-OH is 11. The lowest BCUT2D eigenvalue weighted by molar-refractivity contribution is -0.340. The normalized spacial score (nSPS) is 49.3. The topological polar surface area (TPSA) is 312 Å². The minimum Gasteiger partial charge on any atom is -0.394 e. The molecule has 0 amide bonds. The number of ether oxygens (including phenoxy) is 6. The maximum absolute atomic E-state index is 15.0. The summed E-state index contributed by atoms with van der Waals surface area (Å²) in [6.07, 6.45) is -16.4. The SMILES string of the molecule is C[C@H](CCC(=O)C(C)(C)O[C@@H]1O[C@H](CO)[C@@H](O)[C@H](O)[C@H]1O)[C@H]1CC[C@@]2(C)[C@@H]3CC=C4[C@@H](CC[C@H](O[C@@H]5O[C@H](CO[C@@H]6O[C@H](CO)[C@@H](O)[C@H](O)[C@H]6O)[C@@H](O)[C@H](O)[C@H]5O)C4(C)C)[C@]3(C)C(=O)C[C@]12C. The zero-order valence-electron chi connectivity index (χ0n) is 40.1. The predicted molar refractivity (Wildman–Crippen MR) is 233 cm³/mol. The fourth-order valence-corrected chi connectivity index (χ4v) is 13.7. The van der Waals surface area contributed by atoms with Crippen molar-refractivity contribution in [1.82, 2.24) is 0 Å². The molecule has 0 spiro atoms. The first-order valence-corrected chi connectivity index (χ1v) is 24.2. The van der Waals surface area contributed by atoms with Gasteiger partial charge in [-0.15, -0.1) is 0 Å². The summed E-state index contributed by atoms with van der Waals surface area (Å²) in [5.74, 6) is 0.176. The van der Waals surface area contributed by atoms with Gasteiger partial charge in [0.15, 0.2) is 24.7 Å². The molecular weight excluding hydrogens is 881 g/mol. The van der Waals surface area contributed by atoms with Gasteiger partial charge in [0.25, 0.3) is 0 Å². The fourth-order valence-electron chi connectivity index (χ4n) is 13.7. The van der Waals surface area contributed by atoms with Crippen molar-refractivity contribution in [3.8, 4) is 0 Å². The molecular formula is C48H78O19. The van der Waals surface area contributed by atoms with Crippen LogP contribution < -0.4 is 0 Å². The minimum absolute atomic E-state index is 0.0440. The lowest BCUT2D eigenvalue weighted by Gasteiger charge is -2.65. The number of hydrogen-bond acceptors (Lipinski definition) is 19. The molecule has 3 heterocycles. The second kappa shape index (κ2) is 19.4. The fraction of sp³-hybridized carbons (Fsp3) is 0.917. The third-order valence-corrected chi connectivity index (χ3v) is 18.3. The predicted octanol–water partition coefficient (Wildman–Crippen LogP) is -0.640. The molecule has 0 aromatic rings. The van der Waals surface area contributed by atoms with Gasteiger partial charge in [0.2, 0.25) is 0 Å². The first kappa shape index (κ1) is 53.2. The molecule has 19 heteroatoms. The number of rotatable bonds is 14. The zero-order valence-corrected chi connectivity index (χ0v) is 40.1. The van der Waals surface area contributed by atoms with Crippen molar-refractivity contribution in [2.75, 3.05) is 19.8 Å². The quantitative estimate of drug-likeness (QED) is 0.0965. The highest BCUT2D eigenvalue weighted by atomic mass is 16.7. The molecule has 11 N–H and O–H groups in total. The van der Waals surface area contributed by atoms with Crippen molar-refractivity contribution in [3.63, 3.8) is 0 Å². The molecule has 0 unspecified atom stereocenters. The van der Waals surface area contributed by atoms with Gasteiger partial charge < -0.3 is 84.6 Å². The van der Waals surface area contributed by atoms with Gasteiger partial charge in [0, 0.05) is 23.7 Å². The Morgan fingerprint density at radius 2 is 1.27 bits per heavy atom.